The van der Waals surface area contributed by atoms with Crippen molar-refractivity contribution in [1.82, 2.24) is 9.55 Å². The zero-order valence-corrected chi connectivity index (χ0v) is 12.5. The third-order valence-corrected chi connectivity index (χ3v) is 4.61. The lowest BCUT2D eigenvalue weighted by molar-refractivity contribution is 0.598. The second kappa shape index (κ2) is 5.03. The quantitative estimate of drug-likeness (QED) is 0.946. The molecule has 0 saturated carbocycles. The molecule has 1 aromatic heterocycles. The Labute approximate surface area is 121 Å². The summed E-state index contributed by atoms with van der Waals surface area (Å²) in [5, 5.41) is 0.390. The van der Waals surface area contributed by atoms with Crippen LogP contribution in [0.3, 0.4) is 0 Å². The standard InChI is InChI=1S/C11H11Cl2N3O2S/c1-7-5-8(12)3-4-9(7)15-19(17,18)11-10(13)16(2)6-14-11/h3-6,15H,1-2H3. The van der Waals surface area contributed by atoms with Crippen molar-refractivity contribution < 1.29 is 8.42 Å². The number of imidazole rings is 1. The summed E-state index contributed by atoms with van der Waals surface area (Å²) in [4.78, 5) is 3.78. The zero-order valence-electron chi connectivity index (χ0n) is 10.2. The van der Waals surface area contributed by atoms with Crippen molar-refractivity contribution in [3.8, 4) is 0 Å². The van der Waals surface area contributed by atoms with Crippen molar-refractivity contribution in [3.63, 3.8) is 0 Å². The maximum absolute atomic E-state index is 12.2. The van der Waals surface area contributed by atoms with E-state index in [4.69, 9.17) is 23.2 Å². The number of nitrogens with zero attached hydrogens (tertiary/aromatic N) is 2. The molecule has 0 aliphatic carbocycles. The second-order valence-corrected chi connectivity index (χ2v) is 6.41. The predicted molar refractivity (Wildman–Crippen MR) is 75.2 cm³/mol. The van der Waals surface area contributed by atoms with Crippen molar-refractivity contribution in [2.24, 2.45) is 7.05 Å². The molecule has 1 heterocycles. The van der Waals surface area contributed by atoms with Gasteiger partial charge in [0.1, 0.15) is 5.15 Å². The number of rotatable bonds is 3. The van der Waals surface area contributed by atoms with Crippen LogP contribution in [0.4, 0.5) is 5.69 Å². The molecule has 0 radical (unpaired) electrons. The first kappa shape index (κ1) is 14.2. The number of aryl methyl sites for hydroxylation is 2. The van der Waals surface area contributed by atoms with Gasteiger partial charge in [0.2, 0.25) is 5.03 Å². The first-order valence-electron chi connectivity index (χ1n) is 5.27. The number of hydrogen-bond acceptors (Lipinski definition) is 3. The Morgan fingerprint density at radius 1 is 1.32 bits per heavy atom. The SMILES string of the molecule is Cc1cc(Cl)ccc1NS(=O)(=O)c1ncn(C)c1Cl. The van der Waals surface area contributed by atoms with E-state index in [0.717, 1.165) is 0 Å². The van der Waals surface area contributed by atoms with Crippen molar-refractivity contribution in [2.45, 2.75) is 11.9 Å². The molecular formula is C11H11Cl2N3O2S. The average Bonchev–Trinajstić information content (AvgIpc) is 2.64. The van der Waals surface area contributed by atoms with E-state index in [9.17, 15) is 8.42 Å². The molecule has 2 aromatic rings. The van der Waals surface area contributed by atoms with Gasteiger partial charge in [-0.15, -0.1) is 0 Å². The Morgan fingerprint density at radius 2 is 2.00 bits per heavy atom. The second-order valence-electron chi connectivity index (χ2n) is 4.02. The van der Waals surface area contributed by atoms with Gasteiger partial charge >= 0.3 is 0 Å². The molecule has 0 aliphatic rings. The molecular weight excluding hydrogens is 309 g/mol. The normalized spacial score (nSPS) is 11.6. The van der Waals surface area contributed by atoms with E-state index in [1.807, 2.05) is 0 Å². The van der Waals surface area contributed by atoms with Gasteiger partial charge in [0.05, 0.1) is 12.0 Å². The maximum atomic E-state index is 12.2. The van der Waals surface area contributed by atoms with Crippen LogP contribution in [0.2, 0.25) is 10.2 Å². The van der Waals surface area contributed by atoms with Crippen molar-refractivity contribution in [1.29, 1.82) is 0 Å². The lowest BCUT2D eigenvalue weighted by Gasteiger charge is -2.09. The van der Waals surface area contributed by atoms with Crippen molar-refractivity contribution in [2.75, 3.05) is 4.72 Å². The van der Waals surface area contributed by atoms with Crippen molar-refractivity contribution >= 4 is 38.9 Å². The predicted octanol–water partition coefficient (Wildman–Crippen LogP) is 2.84. The Hall–Kier alpha value is -1.24. The van der Waals surface area contributed by atoms with Crippen molar-refractivity contribution in [3.05, 3.63) is 40.3 Å². The van der Waals surface area contributed by atoms with Crippen LogP contribution in [-0.2, 0) is 17.1 Å². The first-order valence-corrected chi connectivity index (χ1v) is 7.51. The number of anilines is 1. The highest BCUT2D eigenvalue weighted by Gasteiger charge is 2.22. The number of sulfonamides is 1. The van der Waals surface area contributed by atoms with E-state index in [0.29, 0.717) is 16.3 Å². The summed E-state index contributed by atoms with van der Waals surface area (Å²) < 4.78 is 28.2. The van der Waals surface area contributed by atoms with E-state index in [1.165, 1.54) is 10.9 Å². The largest absolute Gasteiger partial charge is 0.324 e. The summed E-state index contributed by atoms with van der Waals surface area (Å²) in [6, 6.07) is 4.86. The molecule has 0 atom stereocenters. The molecule has 8 heteroatoms. The summed E-state index contributed by atoms with van der Waals surface area (Å²) in [5.74, 6) is 0. The Bertz CT molecular complexity index is 726. The summed E-state index contributed by atoms with van der Waals surface area (Å²) in [5.41, 5.74) is 1.15. The molecule has 2 rings (SSSR count). The minimum absolute atomic E-state index is 0.0547. The Kier molecular flexibility index (Phi) is 3.75. The highest BCUT2D eigenvalue weighted by Crippen LogP contribution is 2.25. The van der Waals surface area contributed by atoms with Crippen LogP contribution in [-0.4, -0.2) is 18.0 Å². The smallest absolute Gasteiger partial charge is 0.282 e. The number of aromatic nitrogens is 2. The fourth-order valence-electron chi connectivity index (χ4n) is 1.51. The van der Waals surface area contributed by atoms with Gasteiger partial charge in [-0.2, -0.15) is 8.42 Å². The van der Waals surface area contributed by atoms with Crippen LogP contribution in [0, 0.1) is 6.92 Å². The fourth-order valence-corrected chi connectivity index (χ4v) is 3.30. The molecule has 1 N–H and O–H groups in total. The highest BCUT2D eigenvalue weighted by molar-refractivity contribution is 7.92. The van der Waals surface area contributed by atoms with Gasteiger partial charge in [-0.1, -0.05) is 23.2 Å². The molecule has 0 bridgehead atoms. The summed E-state index contributed by atoms with van der Waals surface area (Å²) >= 11 is 11.7. The molecule has 0 saturated heterocycles. The number of halogens is 2. The van der Waals surface area contributed by atoms with Crippen LogP contribution in [0.1, 0.15) is 5.56 Å². The zero-order chi connectivity index (χ0) is 14.2. The molecule has 0 spiro atoms. The Balaban J connectivity index is 2.39. The minimum atomic E-state index is -3.82. The number of hydrogen-bond donors (Lipinski definition) is 1. The van der Waals surface area contributed by atoms with Gasteiger partial charge in [-0.3, -0.25) is 4.72 Å². The van der Waals surface area contributed by atoms with E-state index >= 15 is 0 Å². The van der Waals surface area contributed by atoms with E-state index in [1.54, 1.807) is 32.2 Å². The lowest BCUT2D eigenvalue weighted by atomic mass is 10.2. The molecule has 102 valence electrons. The fraction of sp³-hybridized carbons (Fsp3) is 0.182. The van der Waals surface area contributed by atoms with E-state index < -0.39 is 10.0 Å². The topological polar surface area (TPSA) is 64.0 Å². The molecule has 0 aliphatic heterocycles. The van der Waals surface area contributed by atoms with Crippen LogP contribution in [0.5, 0.6) is 0 Å². The molecule has 19 heavy (non-hydrogen) atoms. The third-order valence-electron chi connectivity index (χ3n) is 2.52. The van der Waals surface area contributed by atoms with Crippen LogP contribution < -0.4 is 4.72 Å². The first-order chi connectivity index (χ1) is 8.81. The summed E-state index contributed by atoms with van der Waals surface area (Å²) in [7, 11) is -2.20. The van der Waals surface area contributed by atoms with Crippen LogP contribution >= 0.6 is 23.2 Å². The van der Waals surface area contributed by atoms with E-state index in [2.05, 4.69) is 9.71 Å². The number of nitrogens with one attached hydrogen (secondary N) is 1. The van der Waals surface area contributed by atoms with Gasteiger partial charge in [0.25, 0.3) is 10.0 Å². The lowest BCUT2D eigenvalue weighted by Crippen LogP contribution is -2.14. The average molecular weight is 320 g/mol. The van der Waals surface area contributed by atoms with Gasteiger partial charge in [0.15, 0.2) is 0 Å². The monoisotopic (exact) mass is 319 g/mol. The highest BCUT2D eigenvalue weighted by atomic mass is 35.5. The molecule has 0 fully saturated rings. The number of benzene rings is 1. The molecule has 0 unspecified atom stereocenters. The van der Waals surface area contributed by atoms with Gasteiger partial charge < -0.3 is 4.57 Å². The third kappa shape index (κ3) is 2.86. The van der Waals surface area contributed by atoms with E-state index in [-0.39, 0.29) is 10.2 Å². The molecule has 1 aromatic carbocycles. The summed E-state index contributed by atoms with van der Waals surface area (Å²) in [6.45, 7) is 1.75. The molecule has 0 amide bonds. The van der Waals surface area contributed by atoms with Crippen LogP contribution in [0.15, 0.2) is 29.6 Å². The van der Waals surface area contributed by atoms with Gasteiger partial charge in [0, 0.05) is 12.1 Å². The van der Waals surface area contributed by atoms with Crippen LogP contribution in [0.25, 0.3) is 0 Å². The van der Waals surface area contributed by atoms with Gasteiger partial charge in [-0.25, -0.2) is 4.98 Å². The van der Waals surface area contributed by atoms with Gasteiger partial charge in [-0.05, 0) is 30.7 Å². The minimum Gasteiger partial charge on any atom is -0.324 e. The maximum Gasteiger partial charge on any atom is 0.282 e. The molecule has 5 nitrogen and oxygen atoms in total. The summed E-state index contributed by atoms with van der Waals surface area (Å²) in [6.07, 6.45) is 1.34. The Morgan fingerprint density at radius 3 is 2.53 bits per heavy atom.